The minimum Gasteiger partial charge on any atom is -0.512 e. The van der Waals surface area contributed by atoms with Crippen LogP contribution >= 0.6 is 0 Å². The van der Waals surface area contributed by atoms with Gasteiger partial charge in [-0.2, -0.15) is 0 Å². The van der Waals surface area contributed by atoms with Gasteiger partial charge in [-0.15, -0.1) is 0 Å². The Morgan fingerprint density at radius 1 is 0.724 bits per heavy atom. The van der Waals surface area contributed by atoms with Gasteiger partial charge >= 0.3 is 5.97 Å². The van der Waals surface area contributed by atoms with Gasteiger partial charge in [0.2, 0.25) is 0 Å². The summed E-state index contributed by atoms with van der Waals surface area (Å²) >= 11 is 0. The number of aliphatic hydroxyl groups excluding tert-OH is 2. The lowest BCUT2D eigenvalue weighted by Crippen LogP contribution is -2.34. The summed E-state index contributed by atoms with van der Waals surface area (Å²) in [4.78, 5) is 23.7. The third-order valence-corrected chi connectivity index (χ3v) is 5.41. The summed E-state index contributed by atoms with van der Waals surface area (Å²) in [6.07, 6.45) is 15.7. The van der Waals surface area contributed by atoms with E-state index in [0.717, 1.165) is 44.6 Å². The van der Waals surface area contributed by atoms with Gasteiger partial charge < -0.3 is 15.3 Å². The molecule has 2 atom stereocenters. The first-order chi connectivity index (χ1) is 13.9. The summed E-state index contributed by atoms with van der Waals surface area (Å²) in [5.41, 5.74) is 0. The van der Waals surface area contributed by atoms with Crippen molar-refractivity contribution in [3.8, 4) is 0 Å². The van der Waals surface area contributed by atoms with Crippen LogP contribution in [-0.4, -0.2) is 33.2 Å². The fraction of sp³-hybridized carbons (Fsp3) is 0.833. The number of aliphatic carboxylic acids is 1. The Morgan fingerprint density at radius 3 is 1.66 bits per heavy atom. The number of carbonyl (C=O) groups is 2. The molecule has 5 nitrogen and oxygen atoms in total. The third kappa shape index (κ3) is 15.2. The second-order valence-electron chi connectivity index (χ2n) is 8.20. The summed E-state index contributed by atoms with van der Waals surface area (Å²) in [5.74, 6) is -3.62. The van der Waals surface area contributed by atoms with Gasteiger partial charge in [-0.05, 0) is 12.8 Å². The second-order valence-corrected chi connectivity index (χ2v) is 8.20. The van der Waals surface area contributed by atoms with Crippen LogP contribution in [0.3, 0.4) is 0 Å². The molecule has 0 fully saturated rings. The smallest absolute Gasteiger partial charge is 0.317 e. The first-order valence-electron chi connectivity index (χ1n) is 11.8. The van der Waals surface area contributed by atoms with Crippen LogP contribution in [0.5, 0.6) is 0 Å². The van der Waals surface area contributed by atoms with E-state index < -0.39 is 23.8 Å². The minimum absolute atomic E-state index is 0.0852. The number of allylic oxidation sites excluding steroid dienone is 2. The molecule has 0 rings (SSSR count). The average Bonchev–Trinajstić information content (AvgIpc) is 2.66. The van der Waals surface area contributed by atoms with Crippen molar-refractivity contribution in [3.05, 3.63) is 11.8 Å². The van der Waals surface area contributed by atoms with Gasteiger partial charge in [0, 0.05) is 12.5 Å². The molecule has 2 unspecified atom stereocenters. The van der Waals surface area contributed by atoms with E-state index in [-0.39, 0.29) is 5.76 Å². The highest BCUT2D eigenvalue weighted by Crippen LogP contribution is 2.18. The van der Waals surface area contributed by atoms with Crippen molar-refractivity contribution in [2.24, 2.45) is 5.92 Å². The van der Waals surface area contributed by atoms with E-state index in [0.29, 0.717) is 19.3 Å². The molecule has 0 amide bonds. The van der Waals surface area contributed by atoms with E-state index in [1.54, 1.807) is 0 Å². The van der Waals surface area contributed by atoms with Crippen molar-refractivity contribution in [1.82, 2.24) is 0 Å². The fourth-order valence-electron chi connectivity index (χ4n) is 3.54. The molecule has 0 aromatic rings. The molecule has 0 aliphatic carbocycles. The Labute approximate surface area is 177 Å². The standard InChI is InChI=1S/C24H44O5/c1-3-5-7-9-11-13-15-17-20(25)19-22(27)23(24(28)29)21(26)18-16-14-12-10-8-6-4-2/h19,21,23,25-26H,3-18H2,1-2H3,(H,28,29). The van der Waals surface area contributed by atoms with E-state index in [2.05, 4.69) is 13.8 Å². The molecule has 5 heteroatoms. The molecule has 0 aromatic heterocycles. The number of ketones is 1. The number of aliphatic hydroxyl groups is 2. The van der Waals surface area contributed by atoms with Crippen LogP contribution in [0.4, 0.5) is 0 Å². The summed E-state index contributed by atoms with van der Waals surface area (Å²) in [6.45, 7) is 4.34. The lowest BCUT2D eigenvalue weighted by atomic mass is 9.92. The summed E-state index contributed by atoms with van der Waals surface area (Å²) < 4.78 is 0. The van der Waals surface area contributed by atoms with Gasteiger partial charge in [0.15, 0.2) is 5.78 Å². The van der Waals surface area contributed by atoms with Crippen molar-refractivity contribution < 1.29 is 24.9 Å². The second kappa shape index (κ2) is 18.7. The Bertz CT molecular complexity index is 458. The van der Waals surface area contributed by atoms with Crippen LogP contribution in [-0.2, 0) is 9.59 Å². The molecule has 0 spiro atoms. The Hall–Kier alpha value is -1.36. The highest BCUT2D eigenvalue weighted by Gasteiger charge is 2.32. The monoisotopic (exact) mass is 412 g/mol. The molecule has 0 aromatic carbocycles. The average molecular weight is 413 g/mol. The molecular weight excluding hydrogens is 368 g/mol. The van der Waals surface area contributed by atoms with Crippen LogP contribution < -0.4 is 0 Å². The van der Waals surface area contributed by atoms with Gasteiger partial charge in [-0.25, -0.2) is 0 Å². The van der Waals surface area contributed by atoms with Gasteiger partial charge in [0.25, 0.3) is 0 Å². The number of unbranched alkanes of at least 4 members (excludes halogenated alkanes) is 12. The van der Waals surface area contributed by atoms with E-state index in [9.17, 15) is 24.9 Å². The summed E-state index contributed by atoms with van der Waals surface area (Å²) in [6, 6.07) is 0. The van der Waals surface area contributed by atoms with Crippen molar-refractivity contribution >= 4 is 11.8 Å². The molecule has 0 saturated heterocycles. The van der Waals surface area contributed by atoms with Gasteiger partial charge in [0.05, 0.1) is 11.9 Å². The zero-order valence-electron chi connectivity index (χ0n) is 18.7. The normalized spacial score (nSPS) is 14.0. The van der Waals surface area contributed by atoms with Gasteiger partial charge in [-0.1, -0.05) is 97.3 Å². The Morgan fingerprint density at radius 2 is 1.17 bits per heavy atom. The van der Waals surface area contributed by atoms with Gasteiger partial charge in [-0.3, -0.25) is 9.59 Å². The van der Waals surface area contributed by atoms with Crippen LogP contribution in [0.15, 0.2) is 11.8 Å². The number of carboxylic acids is 1. The Balaban J connectivity index is 4.24. The van der Waals surface area contributed by atoms with E-state index in [4.69, 9.17) is 0 Å². The number of rotatable bonds is 20. The van der Waals surface area contributed by atoms with Crippen LogP contribution in [0.1, 0.15) is 117 Å². The highest BCUT2D eigenvalue weighted by molar-refractivity contribution is 6.05. The van der Waals surface area contributed by atoms with Crippen LogP contribution in [0, 0.1) is 5.92 Å². The molecule has 0 aliphatic heterocycles. The quantitative estimate of drug-likeness (QED) is 0.0938. The summed E-state index contributed by atoms with van der Waals surface area (Å²) in [7, 11) is 0. The highest BCUT2D eigenvalue weighted by atomic mass is 16.4. The van der Waals surface area contributed by atoms with Crippen molar-refractivity contribution in [2.75, 3.05) is 0 Å². The van der Waals surface area contributed by atoms with Gasteiger partial charge in [0.1, 0.15) is 5.92 Å². The molecule has 29 heavy (non-hydrogen) atoms. The number of hydrogen-bond acceptors (Lipinski definition) is 4. The number of carbonyl (C=O) groups excluding carboxylic acids is 1. The van der Waals surface area contributed by atoms with E-state index in [1.165, 1.54) is 44.9 Å². The topological polar surface area (TPSA) is 94.8 Å². The summed E-state index contributed by atoms with van der Waals surface area (Å²) in [5, 5.41) is 29.5. The van der Waals surface area contributed by atoms with Crippen LogP contribution in [0.25, 0.3) is 0 Å². The zero-order valence-corrected chi connectivity index (χ0v) is 18.7. The first kappa shape index (κ1) is 27.6. The van der Waals surface area contributed by atoms with E-state index in [1.807, 2.05) is 0 Å². The fourth-order valence-corrected chi connectivity index (χ4v) is 3.54. The largest absolute Gasteiger partial charge is 0.512 e. The lowest BCUT2D eigenvalue weighted by Gasteiger charge is -2.17. The SMILES string of the molecule is CCCCCCCCCC(O)=CC(=O)C(C(=O)O)C(O)CCCCCCCCC. The maximum atomic E-state index is 12.3. The number of carboxylic acid groups (broad SMARTS) is 1. The predicted octanol–water partition coefficient (Wildman–Crippen LogP) is 6.34. The molecule has 0 saturated carbocycles. The molecule has 0 heterocycles. The molecular formula is C24H44O5. The molecule has 0 aliphatic rings. The first-order valence-corrected chi connectivity index (χ1v) is 11.8. The van der Waals surface area contributed by atoms with Crippen molar-refractivity contribution in [1.29, 1.82) is 0 Å². The van der Waals surface area contributed by atoms with Crippen molar-refractivity contribution in [2.45, 2.75) is 123 Å². The maximum absolute atomic E-state index is 12.3. The minimum atomic E-state index is -1.49. The van der Waals surface area contributed by atoms with Crippen LogP contribution in [0.2, 0.25) is 0 Å². The lowest BCUT2D eigenvalue weighted by molar-refractivity contribution is -0.149. The zero-order chi connectivity index (χ0) is 21.9. The molecule has 0 radical (unpaired) electrons. The number of hydrogen-bond donors (Lipinski definition) is 3. The molecule has 0 bridgehead atoms. The Kier molecular flexibility index (Phi) is 17.8. The van der Waals surface area contributed by atoms with E-state index >= 15 is 0 Å². The maximum Gasteiger partial charge on any atom is 0.317 e. The molecule has 3 N–H and O–H groups in total. The predicted molar refractivity (Wildman–Crippen MR) is 118 cm³/mol. The van der Waals surface area contributed by atoms with Crippen molar-refractivity contribution in [3.63, 3.8) is 0 Å². The molecule has 170 valence electrons. The third-order valence-electron chi connectivity index (χ3n) is 5.41.